The number of ether oxygens (including phenoxy) is 2. The SMILES string of the molecule is CC(=O)CC[C@H](NC(=O)CCC(=O)NCCCOCCCCOCCCNC(=O)CCCCCCCCCCCCCCCCC(=O)O)C(=O)O. The largest absolute Gasteiger partial charge is 0.481 e. The molecule has 296 valence electrons. The number of unbranched alkanes of at least 4 members (excludes halogenated alkanes) is 14. The van der Waals surface area contributed by atoms with Gasteiger partial charge in [-0.05, 0) is 51.9 Å². The van der Waals surface area contributed by atoms with Crippen molar-refractivity contribution in [3.63, 3.8) is 0 Å². The van der Waals surface area contributed by atoms with Crippen molar-refractivity contribution >= 4 is 35.4 Å². The van der Waals surface area contributed by atoms with Crippen LogP contribution >= 0.6 is 0 Å². The molecule has 5 N–H and O–H groups in total. The Morgan fingerprint density at radius 2 is 0.863 bits per heavy atom. The number of carboxylic acid groups (broad SMARTS) is 2. The molecule has 0 aromatic carbocycles. The Morgan fingerprint density at radius 3 is 1.29 bits per heavy atom. The highest BCUT2D eigenvalue weighted by atomic mass is 16.5. The van der Waals surface area contributed by atoms with Gasteiger partial charge >= 0.3 is 11.9 Å². The summed E-state index contributed by atoms with van der Waals surface area (Å²) >= 11 is 0. The second-order valence-corrected chi connectivity index (χ2v) is 13.4. The van der Waals surface area contributed by atoms with E-state index in [2.05, 4.69) is 16.0 Å². The van der Waals surface area contributed by atoms with Gasteiger partial charge in [-0.25, -0.2) is 4.79 Å². The molecule has 51 heavy (non-hydrogen) atoms. The lowest BCUT2D eigenvalue weighted by atomic mass is 10.0. The molecule has 0 saturated carbocycles. The molecule has 3 amide bonds. The van der Waals surface area contributed by atoms with Crippen LogP contribution in [-0.2, 0) is 38.2 Å². The van der Waals surface area contributed by atoms with Gasteiger partial charge in [-0.2, -0.15) is 0 Å². The molecule has 0 unspecified atom stereocenters. The highest BCUT2D eigenvalue weighted by Crippen LogP contribution is 2.14. The van der Waals surface area contributed by atoms with E-state index in [4.69, 9.17) is 19.7 Å². The summed E-state index contributed by atoms with van der Waals surface area (Å²) in [4.78, 5) is 68.6. The Hall–Kier alpha value is -3.06. The first-order chi connectivity index (χ1) is 24.6. The zero-order chi connectivity index (χ0) is 37.8. The lowest BCUT2D eigenvalue weighted by Crippen LogP contribution is -2.41. The summed E-state index contributed by atoms with van der Waals surface area (Å²) < 4.78 is 11.2. The third kappa shape index (κ3) is 36.5. The first kappa shape index (κ1) is 47.9. The zero-order valence-corrected chi connectivity index (χ0v) is 31.5. The quantitative estimate of drug-likeness (QED) is 0.0481. The van der Waals surface area contributed by atoms with E-state index >= 15 is 0 Å². The van der Waals surface area contributed by atoms with Gasteiger partial charge in [-0.15, -0.1) is 0 Å². The Balaban J connectivity index is 3.40. The normalized spacial score (nSPS) is 11.5. The topological polar surface area (TPSA) is 197 Å². The molecule has 13 heteroatoms. The van der Waals surface area contributed by atoms with Crippen LogP contribution in [0.2, 0.25) is 0 Å². The fourth-order valence-electron chi connectivity index (χ4n) is 5.37. The number of amides is 3. The molecule has 13 nitrogen and oxygen atoms in total. The average Bonchev–Trinajstić information content (AvgIpc) is 3.08. The van der Waals surface area contributed by atoms with Crippen molar-refractivity contribution < 1.29 is 48.5 Å². The predicted octanol–water partition coefficient (Wildman–Crippen LogP) is 5.86. The standard InChI is InChI=1S/C38H69N3O10/c1-32(42)22-23-33(38(48)49)41-36(45)25-24-35(44)40-27-19-31-51-29-17-16-28-50-30-18-26-39-34(43)20-14-12-10-8-6-4-2-3-5-7-9-11-13-15-21-37(46)47/h33H,2-31H2,1H3,(H,39,43)(H,40,44)(H,41,45)(H,46,47)(H,48,49)/t33-/m0/s1. The lowest BCUT2D eigenvalue weighted by Gasteiger charge is -2.13. The number of carbonyl (C=O) groups is 6. The van der Waals surface area contributed by atoms with Crippen LogP contribution in [0.5, 0.6) is 0 Å². The van der Waals surface area contributed by atoms with Crippen molar-refractivity contribution in [3.8, 4) is 0 Å². The van der Waals surface area contributed by atoms with Crippen molar-refractivity contribution in [2.45, 2.75) is 167 Å². The highest BCUT2D eigenvalue weighted by Gasteiger charge is 2.20. The van der Waals surface area contributed by atoms with Gasteiger partial charge in [0.2, 0.25) is 17.7 Å². The second kappa shape index (κ2) is 35.3. The summed E-state index contributed by atoms with van der Waals surface area (Å²) in [5.74, 6) is -2.78. The number of hydrogen-bond donors (Lipinski definition) is 5. The minimum absolute atomic E-state index is 0.0180. The molecular weight excluding hydrogens is 658 g/mol. The Labute approximate surface area is 306 Å². The van der Waals surface area contributed by atoms with E-state index in [-0.39, 0.29) is 43.3 Å². The summed E-state index contributed by atoms with van der Waals surface area (Å²) in [6.07, 6.45) is 20.3. The van der Waals surface area contributed by atoms with Crippen molar-refractivity contribution in [2.75, 3.05) is 39.5 Å². The first-order valence-corrected chi connectivity index (χ1v) is 19.5. The van der Waals surface area contributed by atoms with E-state index in [9.17, 15) is 28.8 Å². The summed E-state index contributed by atoms with van der Waals surface area (Å²) in [6, 6.07) is -1.14. The van der Waals surface area contributed by atoms with Crippen LogP contribution in [0.4, 0.5) is 0 Å². The fourth-order valence-corrected chi connectivity index (χ4v) is 5.37. The maximum absolute atomic E-state index is 12.0. The van der Waals surface area contributed by atoms with Crippen LogP contribution in [0, 0.1) is 0 Å². The van der Waals surface area contributed by atoms with E-state index < -0.39 is 23.9 Å². The number of aliphatic carboxylic acids is 2. The molecule has 0 aromatic rings. The number of Topliss-reactive ketones (excluding diaryl/α,β-unsaturated/α-hetero) is 1. The van der Waals surface area contributed by atoms with Crippen LogP contribution in [0.3, 0.4) is 0 Å². The summed E-state index contributed by atoms with van der Waals surface area (Å²) in [5, 5.41) is 25.8. The monoisotopic (exact) mass is 727 g/mol. The summed E-state index contributed by atoms with van der Waals surface area (Å²) in [7, 11) is 0. The van der Waals surface area contributed by atoms with Gasteiger partial charge in [0.15, 0.2) is 0 Å². The van der Waals surface area contributed by atoms with Crippen molar-refractivity contribution in [1.82, 2.24) is 16.0 Å². The molecule has 0 aliphatic carbocycles. The molecule has 0 heterocycles. The Kier molecular flexibility index (Phi) is 33.2. The number of rotatable bonds is 38. The van der Waals surface area contributed by atoms with Gasteiger partial charge in [0.1, 0.15) is 11.8 Å². The molecule has 0 bridgehead atoms. The number of nitrogens with one attached hydrogen (secondary N) is 3. The van der Waals surface area contributed by atoms with Crippen LogP contribution in [-0.4, -0.2) is 91.2 Å². The van der Waals surface area contributed by atoms with Crippen molar-refractivity contribution in [1.29, 1.82) is 0 Å². The molecular formula is C38H69N3O10. The van der Waals surface area contributed by atoms with E-state index in [1.807, 2.05) is 0 Å². The van der Waals surface area contributed by atoms with Gasteiger partial charge in [-0.1, -0.05) is 77.0 Å². The maximum Gasteiger partial charge on any atom is 0.326 e. The third-order valence-electron chi connectivity index (χ3n) is 8.44. The molecule has 1 atom stereocenters. The number of carboxylic acids is 2. The molecule has 0 rings (SSSR count). The van der Waals surface area contributed by atoms with Crippen LogP contribution < -0.4 is 16.0 Å². The van der Waals surface area contributed by atoms with E-state index in [0.29, 0.717) is 58.8 Å². The van der Waals surface area contributed by atoms with Gasteiger partial charge in [-0.3, -0.25) is 19.2 Å². The predicted molar refractivity (Wildman–Crippen MR) is 196 cm³/mol. The number of hydrogen-bond acceptors (Lipinski definition) is 8. The molecule has 0 aliphatic heterocycles. The molecule has 0 aliphatic rings. The maximum atomic E-state index is 12.0. The van der Waals surface area contributed by atoms with E-state index in [0.717, 1.165) is 51.4 Å². The average molecular weight is 728 g/mol. The summed E-state index contributed by atoms with van der Waals surface area (Å²) in [6.45, 7) is 4.75. The van der Waals surface area contributed by atoms with Gasteiger partial charge in [0, 0.05) is 71.6 Å². The van der Waals surface area contributed by atoms with E-state index in [1.165, 1.54) is 64.7 Å². The highest BCUT2D eigenvalue weighted by molar-refractivity contribution is 5.87. The second-order valence-electron chi connectivity index (χ2n) is 13.4. The molecule has 0 fully saturated rings. The number of ketones is 1. The third-order valence-corrected chi connectivity index (χ3v) is 8.44. The molecule has 0 saturated heterocycles. The van der Waals surface area contributed by atoms with Crippen molar-refractivity contribution in [2.24, 2.45) is 0 Å². The minimum atomic E-state index is -1.21. The summed E-state index contributed by atoms with van der Waals surface area (Å²) in [5.41, 5.74) is 0. The van der Waals surface area contributed by atoms with Gasteiger partial charge in [0.05, 0.1) is 0 Å². The van der Waals surface area contributed by atoms with Gasteiger partial charge < -0.3 is 40.4 Å². The Bertz CT molecular complexity index is 947. The smallest absolute Gasteiger partial charge is 0.326 e. The minimum Gasteiger partial charge on any atom is -0.481 e. The molecule has 0 aromatic heterocycles. The Morgan fingerprint density at radius 1 is 0.471 bits per heavy atom. The van der Waals surface area contributed by atoms with Crippen molar-refractivity contribution in [3.05, 3.63) is 0 Å². The van der Waals surface area contributed by atoms with Crippen LogP contribution in [0.15, 0.2) is 0 Å². The first-order valence-electron chi connectivity index (χ1n) is 19.5. The fraction of sp³-hybridized carbons (Fsp3) is 0.842. The lowest BCUT2D eigenvalue weighted by molar-refractivity contribution is -0.142. The zero-order valence-electron chi connectivity index (χ0n) is 31.5. The van der Waals surface area contributed by atoms with E-state index in [1.54, 1.807) is 0 Å². The number of carbonyl (C=O) groups excluding carboxylic acids is 4. The molecule has 0 spiro atoms. The molecule has 0 radical (unpaired) electrons. The van der Waals surface area contributed by atoms with Crippen LogP contribution in [0.25, 0.3) is 0 Å². The van der Waals surface area contributed by atoms with Crippen LogP contribution in [0.1, 0.15) is 161 Å². The van der Waals surface area contributed by atoms with Gasteiger partial charge in [0.25, 0.3) is 0 Å².